The first-order valence-corrected chi connectivity index (χ1v) is 7.08. The molecule has 0 radical (unpaired) electrons. The Labute approximate surface area is 125 Å². The highest BCUT2D eigenvalue weighted by atomic mass is 15.4. The maximum atomic E-state index is 6.07. The van der Waals surface area contributed by atoms with Gasteiger partial charge in [-0.15, -0.1) is 0 Å². The topological polar surface area (TPSA) is 87.9 Å². The van der Waals surface area contributed by atoms with E-state index in [-0.39, 0.29) is 0 Å². The summed E-state index contributed by atoms with van der Waals surface area (Å²) >= 11 is 0. The first kappa shape index (κ1) is 14.9. The molecule has 0 unspecified atom stereocenters. The minimum Gasteiger partial charge on any atom is -0.393 e. The summed E-state index contributed by atoms with van der Waals surface area (Å²) < 4.78 is 0. The fourth-order valence-corrected chi connectivity index (χ4v) is 1.77. The van der Waals surface area contributed by atoms with Crippen LogP contribution in [0.15, 0.2) is 36.7 Å². The lowest BCUT2D eigenvalue weighted by Crippen LogP contribution is -2.15. The molecule has 0 aliphatic rings. The van der Waals surface area contributed by atoms with Gasteiger partial charge in [0.15, 0.2) is 11.6 Å². The number of hydrazine groups is 1. The monoisotopic (exact) mass is 286 g/mol. The van der Waals surface area contributed by atoms with Gasteiger partial charge >= 0.3 is 0 Å². The van der Waals surface area contributed by atoms with Gasteiger partial charge in [0.1, 0.15) is 12.0 Å². The number of para-hydroxylation sites is 1. The van der Waals surface area contributed by atoms with Crippen molar-refractivity contribution in [2.75, 3.05) is 28.4 Å². The molecule has 6 heteroatoms. The normalized spacial score (nSPS) is 10.4. The third kappa shape index (κ3) is 4.52. The van der Waals surface area contributed by atoms with E-state index in [1.54, 1.807) is 0 Å². The highest BCUT2D eigenvalue weighted by Gasteiger charge is 2.07. The standard InChI is InChI=1S/C15H22N6/c1-11(2)8-9-17-14-13(16)15(19-10-18-14)21-20-12-6-4-3-5-7-12/h3-7,10-11,20H,8-9,16H2,1-2H3,(H2,17,18,19,21). The number of nitrogens with one attached hydrogen (secondary N) is 3. The Kier molecular flexibility index (Phi) is 5.20. The molecule has 1 aromatic heterocycles. The van der Waals surface area contributed by atoms with Crippen LogP contribution in [0.5, 0.6) is 0 Å². The third-order valence-electron chi connectivity index (χ3n) is 3.00. The van der Waals surface area contributed by atoms with E-state index < -0.39 is 0 Å². The summed E-state index contributed by atoms with van der Waals surface area (Å²) in [5.41, 5.74) is 13.6. The van der Waals surface area contributed by atoms with E-state index in [4.69, 9.17) is 5.73 Å². The first-order valence-electron chi connectivity index (χ1n) is 7.08. The molecular weight excluding hydrogens is 264 g/mol. The maximum absolute atomic E-state index is 6.07. The van der Waals surface area contributed by atoms with Gasteiger partial charge < -0.3 is 11.1 Å². The molecule has 112 valence electrons. The van der Waals surface area contributed by atoms with Gasteiger partial charge in [-0.05, 0) is 24.5 Å². The Balaban J connectivity index is 1.97. The largest absolute Gasteiger partial charge is 0.393 e. The van der Waals surface area contributed by atoms with Gasteiger partial charge in [0, 0.05) is 6.54 Å². The molecule has 0 bridgehead atoms. The van der Waals surface area contributed by atoms with Crippen LogP contribution in [-0.4, -0.2) is 16.5 Å². The smallest absolute Gasteiger partial charge is 0.173 e. The van der Waals surface area contributed by atoms with Crippen molar-refractivity contribution in [2.45, 2.75) is 20.3 Å². The number of rotatable bonds is 7. The van der Waals surface area contributed by atoms with E-state index in [1.807, 2.05) is 30.3 Å². The van der Waals surface area contributed by atoms with Crippen LogP contribution in [0.1, 0.15) is 20.3 Å². The lowest BCUT2D eigenvalue weighted by atomic mass is 10.1. The highest BCUT2D eigenvalue weighted by molar-refractivity contribution is 5.74. The van der Waals surface area contributed by atoms with E-state index in [2.05, 4.69) is 40.0 Å². The summed E-state index contributed by atoms with van der Waals surface area (Å²) in [4.78, 5) is 8.32. The van der Waals surface area contributed by atoms with Gasteiger partial charge in [-0.25, -0.2) is 9.97 Å². The average Bonchev–Trinajstić information content (AvgIpc) is 2.48. The Morgan fingerprint density at radius 1 is 1.05 bits per heavy atom. The van der Waals surface area contributed by atoms with Gasteiger partial charge in [0.25, 0.3) is 0 Å². The Hall–Kier alpha value is -2.50. The second-order valence-electron chi connectivity index (χ2n) is 5.21. The number of nitrogens with two attached hydrogens (primary N) is 1. The molecule has 5 N–H and O–H groups in total. The zero-order chi connectivity index (χ0) is 15.1. The van der Waals surface area contributed by atoms with Crippen LogP contribution in [0.25, 0.3) is 0 Å². The fraction of sp³-hybridized carbons (Fsp3) is 0.333. The number of nitrogens with zero attached hydrogens (tertiary/aromatic N) is 2. The van der Waals surface area contributed by atoms with Gasteiger partial charge in [0.05, 0.1) is 5.69 Å². The zero-order valence-electron chi connectivity index (χ0n) is 12.4. The summed E-state index contributed by atoms with van der Waals surface area (Å²) in [6.07, 6.45) is 2.55. The summed E-state index contributed by atoms with van der Waals surface area (Å²) in [6.45, 7) is 5.20. The predicted octanol–water partition coefficient (Wildman–Crippen LogP) is 2.96. The maximum Gasteiger partial charge on any atom is 0.173 e. The predicted molar refractivity (Wildman–Crippen MR) is 88.1 cm³/mol. The van der Waals surface area contributed by atoms with E-state index >= 15 is 0 Å². The van der Waals surface area contributed by atoms with E-state index in [9.17, 15) is 0 Å². The van der Waals surface area contributed by atoms with E-state index in [1.165, 1.54) is 6.33 Å². The molecule has 0 saturated carbocycles. The minimum atomic E-state index is 0.504. The van der Waals surface area contributed by atoms with Gasteiger partial charge in [-0.2, -0.15) is 0 Å². The summed E-state index contributed by atoms with van der Waals surface area (Å²) in [5.74, 6) is 1.85. The van der Waals surface area contributed by atoms with Crippen molar-refractivity contribution in [3.63, 3.8) is 0 Å². The second-order valence-corrected chi connectivity index (χ2v) is 5.21. The number of aromatic nitrogens is 2. The molecule has 2 aromatic rings. The van der Waals surface area contributed by atoms with Crippen molar-refractivity contribution in [3.8, 4) is 0 Å². The van der Waals surface area contributed by atoms with E-state index in [0.29, 0.717) is 23.2 Å². The van der Waals surface area contributed by atoms with E-state index in [0.717, 1.165) is 18.7 Å². The Morgan fingerprint density at radius 2 is 1.76 bits per heavy atom. The van der Waals surface area contributed by atoms with Crippen molar-refractivity contribution in [1.29, 1.82) is 0 Å². The van der Waals surface area contributed by atoms with Crippen molar-refractivity contribution >= 4 is 23.0 Å². The molecule has 0 atom stereocenters. The molecule has 21 heavy (non-hydrogen) atoms. The van der Waals surface area contributed by atoms with Crippen LogP contribution in [0.2, 0.25) is 0 Å². The van der Waals surface area contributed by atoms with Gasteiger partial charge in [0.2, 0.25) is 0 Å². The zero-order valence-corrected chi connectivity index (χ0v) is 12.4. The van der Waals surface area contributed by atoms with Crippen LogP contribution in [0.4, 0.5) is 23.0 Å². The number of anilines is 4. The summed E-state index contributed by atoms with van der Waals surface area (Å²) in [7, 11) is 0. The van der Waals surface area contributed by atoms with Crippen LogP contribution in [-0.2, 0) is 0 Å². The quantitative estimate of drug-likeness (QED) is 0.585. The van der Waals surface area contributed by atoms with Crippen LogP contribution < -0.4 is 21.9 Å². The minimum absolute atomic E-state index is 0.504. The molecule has 0 fully saturated rings. The van der Waals surface area contributed by atoms with Gasteiger partial charge in [-0.1, -0.05) is 32.0 Å². The number of hydrogen-bond acceptors (Lipinski definition) is 6. The highest BCUT2D eigenvalue weighted by Crippen LogP contribution is 2.22. The van der Waals surface area contributed by atoms with Gasteiger partial charge in [-0.3, -0.25) is 10.9 Å². The number of benzene rings is 1. The SMILES string of the molecule is CC(C)CCNc1ncnc(NNc2ccccc2)c1N. The molecule has 2 rings (SSSR count). The first-order chi connectivity index (χ1) is 10.2. The molecular formula is C15H22N6. The Bertz CT molecular complexity index is 555. The van der Waals surface area contributed by atoms with Crippen molar-refractivity contribution in [3.05, 3.63) is 36.7 Å². The molecule has 0 spiro atoms. The molecule has 0 aliphatic heterocycles. The second kappa shape index (κ2) is 7.33. The van der Waals surface area contributed by atoms with Crippen LogP contribution in [0, 0.1) is 5.92 Å². The summed E-state index contributed by atoms with van der Waals surface area (Å²) in [5, 5.41) is 3.24. The summed E-state index contributed by atoms with van der Waals surface area (Å²) in [6, 6.07) is 9.76. The fourth-order valence-electron chi connectivity index (χ4n) is 1.77. The molecule has 0 saturated heterocycles. The molecule has 1 heterocycles. The molecule has 0 amide bonds. The molecule has 1 aromatic carbocycles. The number of hydrogen-bond donors (Lipinski definition) is 4. The molecule has 6 nitrogen and oxygen atoms in total. The average molecular weight is 286 g/mol. The Morgan fingerprint density at radius 3 is 2.48 bits per heavy atom. The van der Waals surface area contributed by atoms with Crippen molar-refractivity contribution in [1.82, 2.24) is 9.97 Å². The van der Waals surface area contributed by atoms with Crippen LogP contribution >= 0.6 is 0 Å². The lowest BCUT2D eigenvalue weighted by molar-refractivity contribution is 0.606. The third-order valence-corrected chi connectivity index (χ3v) is 3.00. The lowest BCUT2D eigenvalue weighted by Gasteiger charge is -2.14. The molecule has 0 aliphatic carbocycles. The number of nitrogen functional groups attached to an aromatic ring is 1. The van der Waals surface area contributed by atoms with Crippen molar-refractivity contribution < 1.29 is 0 Å². The van der Waals surface area contributed by atoms with Crippen molar-refractivity contribution in [2.24, 2.45) is 5.92 Å². The van der Waals surface area contributed by atoms with Crippen LogP contribution in [0.3, 0.4) is 0 Å².